The minimum atomic E-state index is -0.728. The van der Waals surface area contributed by atoms with E-state index in [4.69, 9.17) is 10.8 Å². The summed E-state index contributed by atoms with van der Waals surface area (Å²) in [7, 11) is 0. The Bertz CT molecular complexity index is 366. The fourth-order valence-electron chi connectivity index (χ4n) is 2.12. The molecule has 0 unspecified atom stereocenters. The lowest BCUT2D eigenvalue weighted by atomic mass is 9.80. The van der Waals surface area contributed by atoms with Gasteiger partial charge in [0, 0.05) is 5.92 Å². The van der Waals surface area contributed by atoms with Crippen LogP contribution < -0.4 is 5.73 Å². The molecule has 3 N–H and O–H groups in total. The summed E-state index contributed by atoms with van der Waals surface area (Å²) in [5.74, 6) is -1.04. The van der Waals surface area contributed by atoms with Crippen molar-refractivity contribution in [2.24, 2.45) is 5.92 Å². The van der Waals surface area contributed by atoms with E-state index in [1.807, 2.05) is 0 Å². The molecule has 5 nitrogen and oxygen atoms in total. The highest BCUT2D eigenvalue weighted by atomic mass is 32.1. The molecule has 1 aromatic heterocycles. The van der Waals surface area contributed by atoms with E-state index in [9.17, 15) is 4.79 Å². The van der Waals surface area contributed by atoms with Gasteiger partial charge in [0.25, 0.3) is 0 Å². The maximum absolute atomic E-state index is 11.1. The predicted molar refractivity (Wildman–Crippen MR) is 56.7 cm³/mol. The molecule has 1 aliphatic rings. The Morgan fingerprint density at radius 2 is 2.13 bits per heavy atom. The maximum Gasteiger partial charge on any atom is 0.307 e. The van der Waals surface area contributed by atoms with Crippen molar-refractivity contribution in [1.82, 2.24) is 10.2 Å². The summed E-state index contributed by atoms with van der Waals surface area (Å²) in [6.45, 7) is 0. The molecule has 15 heavy (non-hydrogen) atoms. The third kappa shape index (κ3) is 2.09. The molecular weight excluding hydrogens is 214 g/mol. The molecule has 2 atom stereocenters. The van der Waals surface area contributed by atoms with Crippen LogP contribution in [-0.4, -0.2) is 21.3 Å². The van der Waals surface area contributed by atoms with Crippen LogP contribution in [0.2, 0.25) is 0 Å². The quantitative estimate of drug-likeness (QED) is 0.798. The van der Waals surface area contributed by atoms with Crippen LogP contribution in [0.5, 0.6) is 0 Å². The predicted octanol–water partition coefficient (Wildman–Crippen LogP) is 1.48. The van der Waals surface area contributed by atoms with Gasteiger partial charge >= 0.3 is 5.97 Å². The molecular formula is C9H13N3O2S. The van der Waals surface area contributed by atoms with Crippen molar-refractivity contribution in [3.8, 4) is 0 Å². The molecule has 0 radical (unpaired) electrons. The Balaban J connectivity index is 2.21. The summed E-state index contributed by atoms with van der Waals surface area (Å²) >= 11 is 1.31. The van der Waals surface area contributed by atoms with Crippen molar-refractivity contribution < 1.29 is 9.90 Å². The van der Waals surface area contributed by atoms with Gasteiger partial charge in [0.2, 0.25) is 5.13 Å². The zero-order valence-corrected chi connectivity index (χ0v) is 9.04. The molecule has 6 heteroatoms. The van der Waals surface area contributed by atoms with Crippen molar-refractivity contribution in [1.29, 1.82) is 0 Å². The van der Waals surface area contributed by atoms with Gasteiger partial charge in [-0.2, -0.15) is 0 Å². The number of hydrogen-bond acceptors (Lipinski definition) is 5. The summed E-state index contributed by atoms with van der Waals surface area (Å²) < 4.78 is 0. The van der Waals surface area contributed by atoms with Gasteiger partial charge in [0.15, 0.2) is 0 Å². The third-order valence-corrected chi connectivity index (χ3v) is 3.74. The Morgan fingerprint density at radius 3 is 2.73 bits per heavy atom. The molecule has 2 rings (SSSR count). The fourth-order valence-corrected chi connectivity index (χ4v) is 2.93. The number of carboxylic acid groups (broad SMARTS) is 1. The first-order valence-electron chi connectivity index (χ1n) is 5.00. The molecule has 1 fully saturated rings. The molecule has 1 aliphatic carbocycles. The van der Waals surface area contributed by atoms with Crippen LogP contribution in [0.4, 0.5) is 5.13 Å². The number of nitrogen functional groups attached to an aromatic ring is 1. The topological polar surface area (TPSA) is 89.1 Å². The SMILES string of the molecule is Nc1nnc([C@@H]2CCCC[C@@H]2C(=O)O)s1. The molecule has 1 saturated carbocycles. The standard InChI is InChI=1S/C9H13N3O2S/c10-9-12-11-7(15-9)5-3-1-2-4-6(5)8(13)14/h5-6H,1-4H2,(H2,10,12)(H,13,14)/t5-,6+/m1/s1. The van der Waals surface area contributed by atoms with Crippen LogP contribution in [0.3, 0.4) is 0 Å². The number of aromatic nitrogens is 2. The van der Waals surface area contributed by atoms with E-state index in [1.54, 1.807) is 0 Å². The van der Waals surface area contributed by atoms with Gasteiger partial charge in [0.1, 0.15) is 5.01 Å². The minimum Gasteiger partial charge on any atom is -0.481 e. The summed E-state index contributed by atoms with van der Waals surface area (Å²) in [4.78, 5) is 11.1. The zero-order valence-electron chi connectivity index (χ0n) is 8.22. The average molecular weight is 227 g/mol. The van der Waals surface area contributed by atoms with Crippen molar-refractivity contribution in [3.05, 3.63) is 5.01 Å². The Labute approximate surface area is 91.3 Å². The van der Waals surface area contributed by atoms with E-state index in [2.05, 4.69) is 10.2 Å². The highest BCUT2D eigenvalue weighted by molar-refractivity contribution is 7.15. The van der Waals surface area contributed by atoms with E-state index in [0.717, 1.165) is 30.7 Å². The first-order valence-corrected chi connectivity index (χ1v) is 5.82. The molecule has 0 saturated heterocycles. The number of carbonyl (C=O) groups is 1. The molecule has 1 heterocycles. The number of nitrogens with two attached hydrogens (primary N) is 1. The molecule has 0 aromatic carbocycles. The van der Waals surface area contributed by atoms with Crippen LogP contribution >= 0.6 is 11.3 Å². The second-order valence-electron chi connectivity index (χ2n) is 3.81. The monoisotopic (exact) mass is 227 g/mol. The van der Waals surface area contributed by atoms with Crippen molar-refractivity contribution >= 4 is 22.4 Å². The highest BCUT2D eigenvalue weighted by Gasteiger charge is 2.34. The molecule has 82 valence electrons. The summed E-state index contributed by atoms with van der Waals surface area (Å²) in [6.07, 6.45) is 3.67. The van der Waals surface area contributed by atoms with Gasteiger partial charge < -0.3 is 10.8 Å². The number of hydrogen-bond donors (Lipinski definition) is 2. The van der Waals surface area contributed by atoms with Crippen molar-refractivity contribution in [2.75, 3.05) is 5.73 Å². The van der Waals surface area contributed by atoms with E-state index < -0.39 is 5.97 Å². The summed E-state index contributed by atoms with van der Waals surface area (Å²) in [5.41, 5.74) is 5.50. The van der Waals surface area contributed by atoms with Crippen molar-refractivity contribution in [3.63, 3.8) is 0 Å². The van der Waals surface area contributed by atoms with Gasteiger partial charge in [0.05, 0.1) is 5.92 Å². The second-order valence-corrected chi connectivity index (χ2v) is 4.85. The van der Waals surface area contributed by atoms with Gasteiger partial charge in [-0.05, 0) is 12.8 Å². The molecule has 0 amide bonds. The number of nitrogens with zero attached hydrogens (tertiary/aromatic N) is 2. The average Bonchev–Trinajstić information content (AvgIpc) is 2.65. The normalized spacial score (nSPS) is 26.4. The van der Waals surface area contributed by atoms with Crippen molar-refractivity contribution in [2.45, 2.75) is 31.6 Å². The number of rotatable bonds is 2. The van der Waals surface area contributed by atoms with Crippen LogP contribution in [0, 0.1) is 5.92 Å². The van der Waals surface area contributed by atoms with Crippen LogP contribution in [0.1, 0.15) is 36.6 Å². The first kappa shape index (κ1) is 10.4. The molecule has 1 aromatic rings. The third-order valence-electron chi connectivity index (χ3n) is 2.86. The minimum absolute atomic E-state index is 0.00560. The van der Waals surface area contributed by atoms with E-state index in [-0.39, 0.29) is 11.8 Å². The molecule has 0 spiro atoms. The lowest BCUT2D eigenvalue weighted by molar-refractivity contribution is -0.143. The van der Waals surface area contributed by atoms with Gasteiger partial charge in [-0.25, -0.2) is 0 Å². The van der Waals surface area contributed by atoms with Crippen LogP contribution in [0.25, 0.3) is 0 Å². The Morgan fingerprint density at radius 1 is 1.40 bits per heavy atom. The van der Waals surface area contributed by atoms with E-state index >= 15 is 0 Å². The summed E-state index contributed by atoms with van der Waals surface area (Å²) in [5, 5.41) is 18.0. The van der Waals surface area contributed by atoms with Gasteiger partial charge in [-0.15, -0.1) is 10.2 Å². The Kier molecular flexibility index (Phi) is 2.86. The zero-order chi connectivity index (χ0) is 10.8. The number of anilines is 1. The van der Waals surface area contributed by atoms with Gasteiger partial charge in [-0.1, -0.05) is 24.2 Å². The smallest absolute Gasteiger partial charge is 0.307 e. The fraction of sp³-hybridized carbons (Fsp3) is 0.667. The number of carboxylic acids is 1. The van der Waals surface area contributed by atoms with Gasteiger partial charge in [-0.3, -0.25) is 4.79 Å². The van der Waals surface area contributed by atoms with E-state index in [0.29, 0.717) is 5.13 Å². The highest BCUT2D eigenvalue weighted by Crippen LogP contribution is 2.39. The first-order chi connectivity index (χ1) is 7.18. The number of aliphatic carboxylic acids is 1. The van der Waals surface area contributed by atoms with Crippen LogP contribution in [0.15, 0.2) is 0 Å². The maximum atomic E-state index is 11.1. The lowest BCUT2D eigenvalue weighted by Crippen LogP contribution is -2.25. The summed E-state index contributed by atoms with van der Waals surface area (Å²) in [6, 6.07) is 0. The Hall–Kier alpha value is -1.17. The molecule has 0 bridgehead atoms. The second kappa shape index (κ2) is 4.14. The molecule has 0 aliphatic heterocycles. The largest absolute Gasteiger partial charge is 0.481 e. The van der Waals surface area contributed by atoms with Crippen LogP contribution in [-0.2, 0) is 4.79 Å². The van der Waals surface area contributed by atoms with E-state index in [1.165, 1.54) is 11.3 Å². The lowest BCUT2D eigenvalue weighted by Gasteiger charge is -2.26.